The number of aromatic nitrogens is 1. The van der Waals surface area contributed by atoms with Gasteiger partial charge in [-0.05, 0) is 49.2 Å². The molecule has 2 fully saturated rings. The minimum absolute atomic E-state index is 0.0859. The Balaban J connectivity index is 1.32. The predicted molar refractivity (Wildman–Crippen MR) is 111 cm³/mol. The van der Waals surface area contributed by atoms with Crippen LogP contribution in [-0.4, -0.2) is 34.3 Å². The number of nitrogens with one attached hydrogen (secondary N) is 1. The van der Waals surface area contributed by atoms with Gasteiger partial charge < -0.3 is 15.0 Å². The molecule has 1 atom stereocenters. The molecule has 2 amide bonds. The Hall–Kier alpha value is -2.89. The van der Waals surface area contributed by atoms with Gasteiger partial charge in [-0.2, -0.15) is 0 Å². The lowest BCUT2D eigenvalue weighted by Crippen LogP contribution is -2.37. The van der Waals surface area contributed by atoms with E-state index in [0.717, 1.165) is 12.8 Å². The molecule has 1 aromatic carbocycles. The molecule has 4 rings (SSSR count). The summed E-state index contributed by atoms with van der Waals surface area (Å²) in [7, 11) is 0. The number of carbonyl (C=O) groups excluding carboxylic acids is 2. The maximum Gasteiger partial charge on any atom is 0.229 e. The number of nitrogens with zero attached hydrogens (tertiary/aromatic N) is 2. The van der Waals surface area contributed by atoms with Crippen LogP contribution in [0.1, 0.15) is 44.9 Å². The van der Waals surface area contributed by atoms with E-state index in [1.807, 2.05) is 29.2 Å². The van der Waals surface area contributed by atoms with Gasteiger partial charge >= 0.3 is 0 Å². The average Bonchev–Trinajstić information content (AvgIpc) is 2.94. The van der Waals surface area contributed by atoms with E-state index >= 15 is 0 Å². The highest BCUT2D eigenvalue weighted by molar-refractivity contribution is 5.97. The molecule has 1 aliphatic carbocycles. The molecule has 1 saturated carbocycles. The highest BCUT2D eigenvalue weighted by Crippen LogP contribution is 2.29. The van der Waals surface area contributed by atoms with Gasteiger partial charge in [-0.25, -0.2) is 0 Å². The van der Waals surface area contributed by atoms with E-state index in [9.17, 15) is 9.59 Å². The third-order valence-electron chi connectivity index (χ3n) is 5.80. The maximum atomic E-state index is 12.7. The number of amides is 2. The fourth-order valence-electron chi connectivity index (χ4n) is 4.22. The smallest absolute Gasteiger partial charge is 0.229 e. The molecule has 2 aliphatic rings. The Labute approximate surface area is 171 Å². The van der Waals surface area contributed by atoms with Crippen LogP contribution in [0.5, 0.6) is 11.5 Å². The summed E-state index contributed by atoms with van der Waals surface area (Å²) in [4.78, 5) is 31.1. The standard InChI is InChI=1S/C23H27N3O3/c27-22-15-17(16-26(22)19-5-3-1-2-4-6-19)23(28)25-18-7-9-20(10-8-18)29-21-11-13-24-14-12-21/h7-14,17,19H,1-6,15-16H2,(H,25,28). The van der Waals surface area contributed by atoms with Crippen LogP contribution < -0.4 is 10.1 Å². The van der Waals surface area contributed by atoms with E-state index in [2.05, 4.69) is 10.3 Å². The van der Waals surface area contributed by atoms with Crippen molar-refractivity contribution in [3.8, 4) is 11.5 Å². The molecule has 1 saturated heterocycles. The molecule has 6 heteroatoms. The first-order valence-corrected chi connectivity index (χ1v) is 10.5. The van der Waals surface area contributed by atoms with Gasteiger partial charge in [-0.15, -0.1) is 0 Å². The SMILES string of the molecule is O=C(Nc1ccc(Oc2ccncc2)cc1)C1CC(=O)N(C2CCCCCC2)C1. The molecule has 2 heterocycles. The van der Waals surface area contributed by atoms with Crippen molar-refractivity contribution in [1.29, 1.82) is 0 Å². The van der Waals surface area contributed by atoms with Crippen molar-refractivity contribution < 1.29 is 14.3 Å². The van der Waals surface area contributed by atoms with E-state index in [1.54, 1.807) is 24.5 Å². The number of rotatable bonds is 5. The number of pyridine rings is 1. The van der Waals surface area contributed by atoms with Gasteiger partial charge in [0.2, 0.25) is 11.8 Å². The monoisotopic (exact) mass is 393 g/mol. The zero-order valence-corrected chi connectivity index (χ0v) is 16.5. The van der Waals surface area contributed by atoms with Gasteiger partial charge in [0, 0.05) is 37.1 Å². The second-order valence-corrected chi connectivity index (χ2v) is 7.89. The van der Waals surface area contributed by atoms with Gasteiger partial charge in [-0.3, -0.25) is 14.6 Å². The van der Waals surface area contributed by atoms with Gasteiger partial charge in [0.15, 0.2) is 0 Å². The largest absolute Gasteiger partial charge is 0.457 e. The Kier molecular flexibility index (Phi) is 6.08. The van der Waals surface area contributed by atoms with Crippen LogP contribution in [0.3, 0.4) is 0 Å². The van der Waals surface area contributed by atoms with Crippen molar-refractivity contribution in [2.45, 2.75) is 51.0 Å². The lowest BCUT2D eigenvalue weighted by Gasteiger charge is -2.27. The molecular formula is C23H27N3O3. The number of ether oxygens (including phenoxy) is 1. The molecule has 1 unspecified atom stereocenters. The zero-order valence-electron chi connectivity index (χ0n) is 16.5. The fourth-order valence-corrected chi connectivity index (χ4v) is 4.22. The molecule has 152 valence electrons. The molecule has 0 bridgehead atoms. The molecule has 1 aromatic heterocycles. The van der Waals surface area contributed by atoms with Crippen LogP contribution in [0.15, 0.2) is 48.8 Å². The second kappa shape index (κ2) is 9.07. The summed E-state index contributed by atoms with van der Waals surface area (Å²) < 4.78 is 5.74. The quantitative estimate of drug-likeness (QED) is 0.765. The van der Waals surface area contributed by atoms with Gasteiger partial charge in [0.05, 0.1) is 5.92 Å². The molecule has 0 radical (unpaired) electrons. The van der Waals surface area contributed by atoms with Crippen molar-refractivity contribution in [3.05, 3.63) is 48.8 Å². The van der Waals surface area contributed by atoms with E-state index < -0.39 is 0 Å². The third kappa shape index (κ3) is 4.94. The first kappa shape index (κ1) is 19.4. The highest BCUT2D eigenvalue weighted by Gasteiger charge is 2.37. The van der Waals surface area contributed by atoms with Gasteiger partial charge in [0.1, 0.15) is 11.5 Å². The normalized spacial score (nSPS) is 20.3. The Morgan fingerprint density at radius 3 is 2.31 bits per heavy atom. The summed E-state index contributed by atoms with van der Waals surface area (Å²) in [6.45, 7) is 0.540. The topological polar surface area (TPSA) is 71.5 Å². The molecule has 0 spiro atoms. The summed E-state index contributed by atoms with van der Waals surface area (Å²) in [6.07, 6.45) is 10.7. The predicted octanol–water partition coefficient (Wildman–Crippen LogP) is 4.38. The summed E-state index contributed by atoms with van der Waals surface area (Å²) in [5, 5.41) is 2.95. The van der Waals surface area contributed by atoms with Crippen molar-refractivity contribution >= 4 is 17.5 Å². The number of hydrogen-bond donors (Lipinski definition) is 1. The summed E-state index contributed by atoms with van der Waals surface area (Å²) in [5.74, 6) is 1.15. The van der Waals surface area contributed by atoms with E-state index in [4.69, 9.17) is 4.74 Å². The Morgan fingerprint density at radius 1 is 0.966 bits per heavy atom. The van der Waals surface area contributed by atoms with Crippen LogP contribution in [-0.2, 0) is 9.59 Å². The van der Waals surface area contributed by atoms with Crippen molar-refractivity contribution in [3.63, 3.8) is 0 Å². The fraction of sp³-hybridized carbons (Fsp3) is 0.435. The molecule has 6 nitrogen and oxygen atoms in total. The summed E-state index contributed by atoms with van der Waals surface area (Å²) in [5.41, 5.74) is 0.706. The minimum atomic E-state index is -0.279. The lowest BCUT2D eigenvalue weighted by molar-refractivity contribution is -0.130. The number of anilines is 1. The van der Waals surface area contributed by atoms with Gasteiger partial charge in [0.25, 0.3) is 0 Å². The first-order valence-electron chi connectivity index (χ1n) is 10.5. The van der Waals surface area contributed by atoms with Crippen molar-refractivity contribution in [2.75, 3.05) is 11.9 Å². The van der Waals surface area contributed by atoms with E-state index in [1.165, 1.54) is 25.7 Å². The van der Waals surface area contributed by atoms with Crippen molar-refractivity contribution in [1.82, 2.24) is 9.88 Å². The number of likely N-dealkylation sites (tertiary alicyclic amines) is 1. The van der Waals surface area contributed by atoms with Crippen LogP contribution in [0.25, 0.3) is 0 Å². The number of benzene rings is 1. The molecule has 1 aliphatic heterocycles. The first-order chi connectivity index (χ1) is 14.2. The lowest BCUT2D eigenvalue weighted by atomic mass is 10.1. The van der Waals surface area contributed by atoms with Crippen molar-refractivity contribution in [2.24, 2.45) is 5.92 Å². The zero-order chi connectivity index (χ0) is 20.1. The number of carbonyl (C=O) groups is 2. The van der Waals surface area contributed by atoms with Crippen LogP contribution >= 0.6 is 0 Å². The van der Waals surface area contributed by atoms with E-state index in [-0.39, 0.29) is 17.7 Å². The summed E-state index contributed by atoms with van der Waals surface area (Å²) in [6, 6.07) is 11.1. The van der Waals surface area contributed by atoms with E-state index in [0.29, 0.717) is 36.2 Å². The highest BCUT2D eigenvalue weighted by atomic mass is 16.5. The Bertz CT molecular complexity index is 830. The molecule has 2 aromatic rings. The summed E-state index contributed by atoms with van der Waals surface area (Å²) >= 11 is 0. The third-order valence-corrected chi connectivity index (χ3v) is 5.80. The van der Waals surface area contributed by atoms with Crippen LogP contribution in [0.4, 0.5) is 5.69 Å². The minimum Gasteiger partial charge on any atom is -0.457 e. The second-order valence-electron chi connectivity index (χ2n) is 7.89. The van der Waals surface area contributed by atoms with Crippen LogP contribution in [0.2, 0.25) is 0 Å². The molecular weight excluding hydrogens is 366 g/mol. The average molecular weight is 393 g/mol. The maximum absolute atomic E-state index is 12.7. The van der Waals surface area contributed by atoms with Crippen LogP contribution in [0, 0.1) is 5.92 Å². The molecule has 29 heavy (non-hydrogen) atoms. The van der Waals surface area contributed by atoms with Gasteiger partial charge in [-0.1, -0.05) is 25.7 Å². The Morgan fingerprint density at radius 2 is 1.62 bits per heavy atom. The number of hydrogen-bond acceptors (Lipinski definition) is 4. The molecule has 1 N–H and O–H groups in total.